The van der Waals surface area contributed by atoms with Crippen LogP contribution in [0, 0.1) is 12.7 Å². The number of hydrogen-bond donors (Lipinski definition) is 2. The van der Waals surface area contributed by atoms with Crippen molar-refractivity contribution in [2.75, 3.05) is 6.54 Å². The van der Waals surface area contributed by atoms with E-state index in [9.17, 15) is 4.39 Å². The Morgan fingerprint density at radius 2 is 2.07 bits per heavy atom. The van der Waals surface area contributed by atoms with Crippen molar-refractivity contribution in [3.63, 3.8) is 0 Å². The lowest BCUT2D eigenvalue weighted by Crippen LogP contribution is -2.12. The number of aryl methyl sites for hydroxylation is 1. The van der Waals surface area contributed by atoms with Gasteiger partial charge in [-0.05, 0) is 43.5 Å². The monoisotopic (exact) mass is 232 g/mol. The Hall–Kier alpha value is -0.640. The number of nitrogens with two attached hydrogens (primary N) is 2. The smallest absolute Gasteiger partial charge is 0.126 e. The molecule has 0 heterocycles. The molecule has 0 aliphatic carbocycles. The van der Waals surface area contributed by atoms with Gasteiger partial charge >= 0.3 is 0 Å². The second-order valence-corrected chi connectivity index (χ2v) is 3.55. The Bertz CT molecular complexity index is 305. The van der Waals surface area contributed by atoms with E-state index in [1.165, 1.54) is 6.07 Å². The Morgan fingerprint density at radius 3 is 2.60 bits per heavy atom. The molecule has 0 aromatic heterocycles. The van der Waals surface area contributed by atoms with E-state index in [1.807, 2.05) is 6.07 Å². The van der Waals surface area contributed by atoms with Gasteiger partial charge in [0.15, 0.2) is 0 Å². The third-order valence-corrected chi connectivity index (χ3v) is 2.34. The normalized spacial score (nSPS) is 12.0. The predicted octanol–water partition coefficient (Wildman–Crippen LogP) is 2.29. The zero-order valence-electron chi connectivity index (χ0n) is 8.87. The fourth-order valence-electron chi connectivity index (χ4n) is 1.34. The first-order valence-electron chi connectivity index (χ1n) is 4.87. The molecule has 2 nitrogen and oxygen atoms in total. The summed E-state index contributed by atoms with van der Waals surface area (Å²) >= 11 is 0. The van der Waals surface area contributed by atoms with Gasteiger partial charge in [-0.2, -0.15) is 0 Å². The van der Waals surface area contributed by atoms with E-state index in [1.54, 1.807) is 13.0 Å². The molecule has 0 saturated heterocycles. The van der Waals surface area contributed by atoms with Crippen molar-refractivity contribution in [3.8, 4) is 0 Å². The van der Waals surface area contributed by atoms with Crippen LogP contribution in [0.3, 0.4) is 0 Å². The van der Waals surface area contributed by atoms with Gasteiger partial charge in [-0.1, -0.05) is 12.1 Å². The first-order chi connectivity index (χ1) is 6.65. The second-order valence-electron chi connectivity index (χ2n) is 3.55. The average molecular weight is 233 g/mol. The van der Waals surface area contributed by atoms with Gasteiger partial charge in [-0.3, -0.25) is 0 Å². The molecule has 86 valence electrons. The van der Waals surface area contributed by atoms with E-state index >= 15 is 0 Å². The molecule has 4 heteroatoms. The van der Waals surface area contributed by atoms with Crippen molar-refractivity contribution >= 4 is 12.4 Å². The van der Waals surface area contributed by atoms with Crippen molar-refractivity contribution in [2.24, 2.45) is 11.5 Å². The van der Waals surface area contributed by atoms with Crippen LogP contribution in [0.4, 0.5) is 4.39 Å². The summed E-state index contributed by atoms with van der Waals surface area (Å²) in [6.07, 6.45) is 1.68. The maximum atomic E-state index is 13.2. The lowest BCUT2D eigenvalue weighted by Gasteiger charge is -2.11. The zero-order chi connectivity index (χ0) is 10.6. The molecule has 4 N–H and O–H groups in total. The molecule has 1 aromatic carbocycles. The lowest BCUT2D eigenvalue weighted by atomic mass is 10.0. The molecule has 0 radical (unpaired) electrons. The van der Waals surface area contributed by atoms with Crippen LogP contribution in [-0.4, -0.2) is 6.54 Å². The summed E-state index contributed by atoms with van der Waals surface area (Å²) in [5, 5.41) is 0. The SMILES string of the molecule is Cc1ccc([C@@H](N)CCCN)cc1F.Cl. The van der Waals surface area contributed by atoms with Crippen LogP contribution >= 0.6 is 12.4 Å². The van der Waals surface area contributed by atoms with Crippen molar-refractivity contribution in [1.29, 1.82) is 0 Å². The van der Waals surface area contributed by atoms with E-state index < -0.39 is 0 Å². The summed E-state index contributed by atoms with van der Waals surface area (Å²) in [6.45, 7) is 2.37. The highest BCUT2D eigenvalue weighted by atomic mass is 35.5. The number of rotatable bonds is 4. The fraction of sp³-hybridized carbons (Fsp3) is 0.455. The minimum absolute atomic E-state index is 0. The van der Waals surface area contributed by atoms with Crippen LogP contribution in [0.15, 0.2) is 18.2 Å². The van der Waals surface area contributed by atoms with Crippen LogP contribution in [0.2, 0.25) is 0 Å². The largest absolute Gasteiger partial charge is 0.330 e. The first-order valence-corrected chi connectivity index (χ1v) is 4.87. The molecule has 0 unspecified atom stereocenters. The molecule has 0 bridgehead atoms. The van der Waals surface area contributed by atoms with Crippen LogP contribution in [0.25, 0.3) is 0 Å². The quantitative estimate of drug-likeness (QED) is 0.837. The van der Waals surface area contributed by atoms with Crippen molar-refractivity contribution in [3.05, 3.63) is 35.1 Å². The standard InChI is InChI=1S/C11H17FN2.ClH/c1-8-4-5-9(7-10(8)12)11(14)3-2-6-13;/h4-5,7,11H,2-3,6,13-14H2,1H3;1H/t11-;/m0./s1. The van der Waals surface area contributed by atoms with Crippen molar-refractivity contribution in [1.82, 2.24) is 0 Å². The minimum atomic E-state index is -0.189. The van der Waals surface area contributed by atoms with Crippen LogP contribution in [0.5, 0.6) is 0 Å². The summed E-state index contributed by atoms with van der Waals surface area (Å²) in [5.74, 6) is -0.189. The highest BCUT2D eigenvalue weighted by molar-refractivity contribution is 5.85. The summed E-state index contributed by atoms with van der Waals surface area (Å²) in [7, 11) is 0. The molecule has 0 aliphatic heterocycles. The van der Waals surface area contributed by atoms with Gasteiger partial charge in [-0.15, -0.1) is 12.4 Å². The van der Waals surface area contributed by atoms with Gasteiger partial charge in [-0.25, -0.2) is 4.39 Å². The Morgan fingerprint density at radius 1 is 1.40 bits per heavy atom. The highest BCUT2D eigenvalue weighted by Gasteiger charge is 2.07. The number of hydrogen-bond acceptors (Lipinski definition) is 2. The van der Waals surface area contributed by atoms with Gasteiger partial charge in [0, 0.05) is 6.04 Å². The van der Waals surface area contributed by atoms with E-state index in [0.717, 1.165) is 18.4 Å². The van der Waals surface area contributed by atoms with E-state index in [0.29, 0.717) is 12.1 Å². The minimum Gasteiger partial charge on any atom is -0.330 e. The zero-order valence-corrected chi connectivity index (χ0v) is 9.69. The Balaban J connectivity index is 0.00000196. The molecule has 1 atom stereocenters. The van der Waals surface area contributed by atoms with E-state index in [-0.39, 0.29) is 24.3 Å². The maximum Gasteiger partial charge on any atom is 0.126 e. The topological polar surface area (TPSA) is 52.0 Å². The molecular weight excluding hydrogens is 215 g/mol. The van der Waals surface area contributed by atoms with Gasteiger partial charge in [0.25, 0.3) is 0 Å². The van der Waals surface area contributed by atoms with Crippen molar-refractivity contribution in [2.45, 2.75) is 25.8 Å². The maximum absolute atomic E-state index is 13.2. The van der Waals surface area contributed by atoms with Crippen LogP contribution in [-0.2, 0) is 0 Å². The number of benzene rings is 1. The van der Waals surface area contributed by atoms with Crippen LogP contribution in [0.1, 0.15) is 30.0 Å². The molecule has 1 rings (SSSR count). The van der Waals surface area contributed by atoms with Gasteiger partial charge in [0.2, 0.25) is 0 Å². The molecule has 0 saturated carbocycles. The fourth-order valence-corrected chi connectivity index (χ4v) is 1.34. The highest BCUT2D eigenvalue weighted by Crippen LogP contribution is 2.18. The molecule has 15 heavy (non-hydrogen) atoms. The molecule has 0 spiro atoms. The van der Waals surface area contributed by atoms with Gasteiger partial charge < -0.3 is 11.5 Å². The molecule has 0 amide bonds. The third-order valence-electron chi connectivity index (χ3n) is 2.34. The second kappa shape index (κ2) is 6.77. The first kappa shape index (κ1) is 14.4. The number of halogens is 2. The van der Waals surface area contributed by atoms with Gasteiger partial charge in [0.05, 0.1) is 0 Å². The summed E-state index contributed by atoms with van der Waals surface area (Å²) in [6, 6.07) is 5.04. The predicted molar refractivity (Wildman–Crippen MR) is 63.6 cm³/mol. The van der Waals surface area contributed by atoms with Crippen LogP contribution < -0.4 is 11.5 Å². The summed E-state index contributed by atoms with van der Waals surface area (Å²) in [5.41, 5.74) is 12.8. The average Bonchev–Trinajstić information content (AvgIpc) is 2.18. The lowest BCUT2D eigenvalue weighted by molar-refractivity contribution is 0.592. The van der Waals surface area contributed by atoms with Crippen molar-refractivity contribution < 1.29 is 4.39 Å². The summed E-state index contributed by atoms with van der Waals surface area (Å²) in [4.78, 5) is 0. The summed E-state index contributed by atoms with van der Waals surface area (Å²) < 4.78 is 13.2. The Labute approximate surface area is 96.3 Å². The molecule has 1 aromatic rings. The molecular formula is C11H18ClFN2. The molecule has 0 fully saturated rings. The molecule has 0 aliphatic rings. The Kier molecular flexibility index (Phi) is 6.48. The van der Waals surface area contributed by atoms with Gasteiger partial charge in [0.1, 0.15) is 5.82 Å². The third kappa shape index (κ3) is 4.16. The van der Waals surface area contributed by atoms with E-state index in [2.05, 4.69) is 0 Å². The van der Waals surface area contributed by atoms with E-state index in [4.69, 9.17) is 11.5 Å².